The summed E-state index contributed by atoms with van der Waals surface area (Å²) in [6.07, 6.45) is 2.25. The molecule has 0 amide bonds. The van der Waals surface area contributed by atoms with E-state index in [1.807, 2.05) is 0 Å². The molecular weight excluding hydrogens is 186 g/mol. The van der Waals surface area contributed by atoms with Crippen LogP contribution in [-0.2, 0) is 11.2 Å². The van der Waals surface area contributed by atoms with E-state index >= 15 is 0 Å². The van der Waals surface area contributed by atoms with Crippen LogP contribution in [0.2, 0.25) is 0 Å². The van der Waals surface area contributed by atoms with Crippen LogP contribution >= 0.6 is 0 Å². The van der Waals surface area contributed by atoms with Gasteiger partial charge in [-0.05, 0) is 18.4 Å². The van der Waals surface area contributed by atoms with Gasteiger partial charge in [-0.1, -0.05) is 37.3 Å². The van der Waals surface area contributed by atoms with Gasteiger partial charge in [-0.3, -0.25) is 0 Å². The van der Waals surface area contributed by atoms with Crippen LogP contribution in [0.15, 0.2) is 30.3 Å². The molecule has 1 rings (SSSR count). The molecule has 1 aromatic carbocycles. The van der Waals surface area contributed by atoms with Gasteiger partial charge in [0.1, 0.15) is 0 Å². The average Bonchev–Trinajstić information content (AvgIpc) is 2.29. The van der Waals surface area contributed by atoms with Gasteiger partial charge in [0.2, 0.25) is 0 Å². The zero-order chi connectivity index (χ0) is 10.9. The van der Waals surface area contributed by atoms with Gasteiger partial charge in [-0.15, -0.1) is 0 Å². The molecule has 1 unspecified atom stereocenters. The van der Waals surface area contributed by atoms with Crippen molar-refractivity contribution in [1.29, 1.82) is 0 Å². The maximum atomic E-state index is 5.02. The third-order valence-corrected chi connectivity index (χ3v) is 2.56. The lowest BCUT2D eigenvalue weighted by molar-refractivity contribution is 0.195. The van der Waals surface area contributed by atoms with Crippen LogP contribution < -0.4 is 5.32 Å². The molecule has 1 aromatic rings. The number of hydrogen-bond acceptors (Lipinski definition) is 2. The van der Waals surface area contributed by atoms with E-state index < -0.39 is 0 Å². The van der Waals surface area contributed by atoms with Gasteiger partial charge in [0.25, 0.3) is 0 Å². The topological polar surface area (TPSA) is 21.3 Å². The summed E-state index contributed by atoms with van der Waals surface area (Å²) in [6.45, 7) is 3.93. The van der Waals surface area contributed by atoms with Crippen molar-refractivity contribution in [3.05, 3.63) is 35.9 Å². The Morgan fingerprint density at radius 1 is 1.27 bits per heavy atom. The molecule has 0 saturated heterocycles. The number of hydrogen-bond donors (Lipinski definition) is 1. The molecular formula is C13H21NO. The fourth-order valence-electron chi connectivity index (χ4n) is 1.62. The summed E-state index contributed by atoms with van der Waals surface area (Å²) in [5.74, 6) is 0. The second-order valence-electron chi connectivity index (χ2n) is 3.74. The van der Waals surface area contributed by atoms with E-state index in [2.05, 4.69) is 42.6 Å². The fourth-order valence-corrected chi connectivity index (χ4v) is 1.62. The summed E-state index contributed by atoms with van der Waals surface area (Å²) in [7, 11) is 1.74. The zero-order valence-electron chi connectivity index (χ0n) is 9.70. The summed E-state index contributed by atoms with van der Waals surface area (Å²) in [5.41, 5.74) is 1.40. The van der Waals surface area contributed by atoms with Gasteiger partial charge < -0.3 is 10.1 Å². The molecule has 0 fully saturated rings. The van der Waals surface area contributed by atoms with Crippen molar-refractivity contribution >= 4 is 0 Å². The summed E-state index contributed by atoms with van der Waals surface area (Å²) in [4.78, 5) is 0. The van der Waals surface area contributed by atoms with E-state index in [4.69, 9.17) is 4.74 Å². The van der Waals surface area contributed by atoms with Crippen molar-refractivity contribution in [3.8, 4) is 0 Å². The quantitative estimate of drug-likeness (QED) is 0.692. The Kier molecular flexibility index (Phi) is 6.05. The molecule has 0 spiro atoms. The lowest BCUT2D eigenvalue weighted by Gasteiger charge is -2.16. The highest BCUT2D eigenvalue weighted by Gasteiger charge is 2.05. The van der Waals surface area contributed by atoms with Crippen molar-refractivity contribution < 1.29 is 4.74 Å². The molecule has 0 saturated carbocycles. The molecule has 0 aromatic heterocycles. The van der Waals surface area contributed by atoms with Crippen LogP contribution in [0.1, 0.15) is 18.9 Å². The number of methoxy groups -OCH3 is 1. The van der Waals surface area contributed by atoms with Crippen LogP contribution in [0.4, 0.5) is 0 Å². The summed E-state index contributed by atoms with van der Waals surface area (Å²) >= 11 is 0. The van der Waals surface area contributed by atoms with Crippen molar-refractivity contribution in [2.75, 3.05) is 20.3 Å². The first-order valence-corrected chi connectivity index (χ1v) is 5.63. The molecule has 0 aliphatic carbocycles. The van der Waals surface area contributed by atoms with E-state index in [1.54, 1.807) is 7.11 Å². The molecule has 0 radical (unpaired) electrons. The Morgan fingerprint density at radius 3 is 2.60 bits per heavy atom. The Morgan fingerprint density at radius 2 is 2.00 bits per heavy atom. The van der Waals surface area contributed by atoms with Gasteiger partial charge in [-0.2, -0.15) is 0 Å². The highest BCUT2D eigenvalue weighted by molar-refractivity contribution is 5.15. The SMILES string of the molecule is CCC(Cc1ccccc1)NCCOC. The van der Waals surface area contributed by atoms with Crippen molar-refractivity contribution in [2.24, 2.45) is 0 Å². The smallest absolute Gasteiger partial charge is 0.0587 e. The van der Waals surface area contributed by atoms with E-state index in [0.29, 0.717) is 6.04 Å². The minimum Gasteiger partial charge on any atom is -0.383 e. The molecule has 1 N–H and O–H groups in total. The lowest BCUT2D eigenvalue weighted by atomic mass is 10.0. The normalized spacial score (nSPS) is 12.7. The Bertz CT molecular complexity index is 248. The minimum atomic E-state index is 0.558. The first-order valence-electron chi connectivity index (χ1n) is 5.63. The van der Waals surface area contributed by atoms with E-state index in [-0.39, 0.29) is 0 Å². The predicted molar refractivity (Wildman–Crippen MR) is 64.1 cm³/mol. The predicted octanol–water partition coefficient (Wildman–Crippen LogP) is 2.24. The molecule has 15 heavy (non-hydrogen) atoms. The number of ether oxygens (including phenoxy) is 1. The zero-order valence-corrected chi connectivity index (χ0v) is 9.70. The van der Waals surface area contributed by atoms with Crippen molar-refractivity contribution in [2.45, 2.75) is 25.8 Å². The van der Waals surface area contributed by atoms with Crippen molar-refractivity contribution in [3.63, 3.8) is 0 Å². The van der Waals surface area contributed by atoms with Crippen LogP contribution in [0.3, 0.4) is 0 Å². The van der Waals surface area contributed by atoms with E-state index in [1.165, 1.54) is 5.56 Å². The summed E-state index contributed by atoms with van der Waals surface area (Å²) < 4.78 is 5.02. The van der Waals surface area contributed by atoms with Crippen LogP contribution in [0.5, 0.6) is 0 Å². The number of rotatable bonds is 7. The molecule has 0 heterocycles. The Hall–Kier alpha value is -0.860. The van der Waals surface area contributed by atoms with Gasteiger partial charge in [0.15, 0.2) is 0 Å². The molecule has 2 heteroatoms. The average molecular weight is 207 g/mol. The largest absolute Gasteiger partial charge is 0.383 e. The molecule has 0 bridgehead atoms. The van der Waals surface area contributed by atoms with Gasteiger partial charge in [0.05, 0.1) is 6.61 Å². The van der Waals surface area contributed by atoms with Gasteiger partial charge in [-0.25, -0.2) is 0 Å². The number of benzene rings is 1. The maximum Gasteiger partial charge on any atom is 0.0587 e. The minimum absolute atomic E-state index is 0.558. The van der Waals surface area contributed by atoms with Gasteiger partial charge >= 0.3 is 0 Å². The molecule has 0 aliphatic heterocycles. The van der Waals surface area contributed by atoms with E-state index in [9.17, 15) is 0 Å². The Labute approximate surface area is 92.6 Å². The highest BCUT2D eigenvalue weighted by Crippen LogP contribution is 2.05. The first-order chi connectivity index (χ1) is 7.36. The third kappa shape index (κ3) is 4.96. The summed E-state index contributed by atoms with van der Waals surface area (Å²) in [5, 5.41) is 3.49. The standard InChI is InChI=1S/C13H21NO/c1-3-13(14-9-10-15-2)11-12-7-5-4-6-8-12/h4-8,13-14H,3,9-11H2,1-2H3. The molecule has 0 aliphatic rings. The number of nitrogens with one attached hydrogen (secondary N) is 1. The highest BCUT2D eigenvalue weighted by atomic mass is 16.5. The first kappa shape index (κ1) is 12.2. The summed E-state index contributed by atoms with van der Waals surface area (Å²) in [6, 6.07) is 11.2. The fraction of sp³-hybridized carbons (Fsp3) is 0.538. The molecule has 84 valence electrons. The van der Waals surface area contributed by atoms with Crippen molar-refractivity contribution in [1.82, 2.24) is 5.32 Å². The second kappa shape index (κ2) is 7.43. The van der Waals surface area contributed by atoms with E-state index in [0.717, 1.165) is 26.0 Å². The second-order valence-corrected chi connectivity index (χ2v) is 3.74. The van der Waals surface area contributed by atoms with Gasteiger partial charge in [0, 0.05) is 19.7 Å². The third-order valence-electron chi connectivity index (χ3n) is 2.56. The van der Waals surface area contributed by atoms with Crippen LogP contribution in [0, 0.1) is 0 Å². The monoisotopic (exact) mass is 207 g/mol. The lowest BCUT2D eigenvalue weighted by Crippen LogP contribution is -2.33. The maximum absolute atomic E-state index is 5.02. The Balaban J connectivity index is 2.33. The van der Waals surface area contributed by atoms with Crippen LogP contribution in [-0.4, -0.2) is 26.3 Å². The molecule has 2 nitrogen and oxygen atoms in total. The van der Waals surface area contributed by atoms with Crippen LogP contribution in [0.25, 0.3) is 0 Å². The molecule has 1 atom stereocenters.